The third-order valence-electron chi connectivity index (χ3n) is 2.64. The third-order valence-corrected chi connectivity index (χ3v) is 2.64. The van der Waals surface area contributed by atoms with Gasteiger partial charge < -0.3 is 0 Å². The zero-order valence-corrected chi connectivity index (χ0v) is 7.35. The van der Waals surface area contributed by atoms with Gasteiger partial charge >= 0.3 is 0 Å². The molecule has 2 aliphatic rings. The standard InChI is InChI=1S/C10H15N/c1-7(2)10-6-8-4-3-5-9(8)11-10/h7H,3-6H2,1-2H3. The van der Waals surface area contributed by atoms with E-state index in [9.17, 15) is 0 Å². The van der Waals surface area contributed by atoms with Crippen LogP contribution in [0, 0.1) is 5.92 Å². The molecule has 0 bridgehead atoms. The Balaban J connectivity index is 2.14. The van der Waals surface area contributed by atoms with Crippen molar-refractivity contribution in [2.24, 2.45) is 10.9 Å². The van der Waals surface area contributed by atoms with Gasteiger partial charge in [0.2, 0.25) is 0 Å². The predicted molar refractivity (Wildman–Crippen MR) is 47.8 cm³/mol. The largest absolute Gasteiger partial charge is 0.262 e. The summed E-state index contributed by atoms with van der Waals surface area (Å²) in [4.78, 5) is 4.65. The summed E-state index contributed by atoms with van der Waals surface area (Å²) in [6.45, 7) is 4.47. The van der Waals surface area contributed by atoms with E-state index >= 15 is 0 Å². The van der Waals surface area contributed by atoms with Crippen molar-refractivity contribution >= 4 is 5.71 Å². The van der Waals surface area contributed by atoms with Gasteiger partial charge in [-0.3, -0.25) is 4.99 Å². The summed E-state index contributed by atoms with van der Waals surface area (Å²) in [5, 5.41) is 0. The molecule has 0 atom stereocenters. The minimum atomic E-state index is 0.653. The Morgan fingerprint density at radius 2 is 2.09 bits per heavy atom. The molecular weight excluding hydrogens is 134 g/mol. The first kappa shape index (κ1) is 7.08. The van der Waals surface area contributed by atoms with Crippen molar-refractivity contribution in [3.63, 3.8) is 0 Å². The van der Waals surface area contributed by atoms with Gasteiger partial charge in [-0.25, -0.2) is 0 Å². The Morgan fingerprint density at radius 3 is 2.73 bits per heavy atom. The zero-order chi connectivity index (χ0) is 7.84. The molecule has 1 heteroatoms. The molecule has 0 saturated heterocycles. The molecule has 0 N–H and O–H groups in total. The van der Waals surface area contributed by atoms with Gasteiger partial charge in [0.15, 0.2) is 0 Å². The summed E-state index contributed by atoms with van der Waals surface area (Å²) in [5.74, 6) is 0.653. The van der Waals surface area contributed by atoms with Crippen molar-refractivity contribution in [2.75, 3.05) is 0 Å². The van der Waals surface area contributed by atoms with Crippen LogP contribution in [-0.4, -0.2) is 5.71 Å². The fourth-order valence-electron chi connectivity index (χ4n) is 1.88. The second-order valence-corrected chi connectivity index (χ2v) is 3.84. The number of rotatable bonds is 1. The fraction of sp³-hybridized carbons (Fsp3) is 0.700. The van der Waals surface area contributed by atoms with Crippen molar-refractivity contribution in [3.05, 3.63) is 11.3 Å². The Morgan fingerprint density at radius 1 is 1.27 bits per heavy atom. The lowest BCUT2D eigenvalue weighted by Crippen LogP contribution is -2.04. The average Bonchev–Trinajstić information content (AvgIpc) is 2.40. The van der Waals surface area contributed by atoms with E-state index in [0.29, 0.717) is 5.92 Å². The van der Waals surface area contributed by atoms with Gasteiger partial charge in [-0.15, -0.1) is 0 Å². The SMILES string of the molecule is CC(C)C1=NC2=C(CCC2)C1. The maximum Gasteiger partial charge on any atom is 0.0399 e. The first-order valence-electron chi connectivity index (χ1n) is 4.55. The lowest BCUT2D eigenvalue weighted by atomic mass is 10.0. The summed E-state index contributed by atoms with van der Waals surface area (Å²) in [6, 6.07) is 0. The van der Waals surface area contributed by atoms with E-state index in [1.165, 1.54) is 37.1 Å². The molecule has 0 aromatic heterocycles. The molecule has 1 aliphatic heterocycles. The molecule has 0 fully saturated rings. The van der Waals surface area contributed by atoms with Crippen LogP contribution >= 0.6 is 0 Å². The summed E-state index contributed by atoms with van der Waals surface area (Å²) in [7, 11) is 0. The van der Waals surface area contributed by atoms with Gasteiger partial charge in [-0.1, -0.05) is 13.8 Å². The average molecular weight is 149 g/mol. The van der Waals surface area contributed by atoms with Gasteiger partial charge in [0, 0.05) is 17.8 Å². The van der Waals surface area contributed by atoms with Crippen LogP contribution in [0.25, 0.3) is 0 Å². The van der Waals surface area contributed by atoms with Gasteiger partial charge in [0.1, 0.15) is 0 Å². The zero-order valence-electron chi connectivity index (χ0n) is 7.35. The van der Waals surface area contributed by atoms with Crippen LogP contribution in [0.5, 0.6) is 0 Å². The first-order valence-corrected chi connectivity index (χ1v) is 4.55. The normalized spacial score (nSPS) is 23.0. The van der Waals surface area contributed by atoms with Crippen molar-refractivity contribution < 1.29 is 0 Å². The molecule has 0 saturated carbocycles. The Kier molecular flexibility index (Phi) is 1.59. The number of allylic oxidation sites excluding steroid dienone is 2. The highest BCUT2D eigenvalue weighted by Crippen LogP contribution is 2.35. The van der Waals surface area contributed by atoms with Gasteiger partial charge in [-0.05, 0) is 30.8 Å². The van der Waals surface area contributed by atoms with Crippen molar-refractivity contribution in [3.8, 4) is 0 Å². The molecule has 11 heavy (non-hydrogen) atoms. The molecule has 0 aromatic rings. The molecule has 0 spiro atoms. The van der Waals surface area contributed by atoms with E-state index in [-0.39, 0.29) is 0 Å². The van der Waals surface area contributed by atoms with E-state index in [4.69, 9.17) is 0 Å². The molecule has 0 amide bonds. The molecule has 1 aliphatic carbocycles. The lowest BCUT2D eigenvalue weighted by Gasteiger charge is -2.04. The molecule has 1 nitrogen and oxygen atoms in total. The maximum absolute atomic E-state index is 4.65. The summed E-state index contributed by atoms with van der Waals surface area (Å²) in [5.41, 5.74) is 4.47. The van der Waals surface area contributed by atoms with Crippen LogP contribution in [0.3, 0.4) is 0 Å². The number of hydrogen-bond acceptors (Lipinski definition) is 1. The maximum atomic E-state index is 4.65. The number of hydrogen-bond donors (Lipinski definition) is 0. The summed E-state index contributed by atoms with van der Waals surface area (Å²) < 4.78 is 0. The number of nitrogens with zero attached hydrogens (tertiary/aromatic N) is 1. The number of aliphatic imine (C=N–C) groups is 1. The minimum absolute atomic E-state index is 0.653. The Hall–Kier alpha value is -0.590. The second kappa shape index (κ2) is 2.47. The lowest BCUT2D eigenvalue weighted by molar-refractivity contribution is 0.831. The van der Waals surface area contributed by atoms with Crippen LogP contribution in [0.4, 0.5) is 0 Å². The highest BCUT2D eigenvalue weighted by molar-refractivity contribution is 5.91. The molecule has 0 unspecified atom stereocenters. The summed E-state index contributed by atoms with van der Waals surface area (Å²) >= 11 is 0. The smallest absolute Gasteiger partial charge is 0.0399 e. The van der Waals surface area contributed by atoms with Crippen molar-refractivity contribution in [2.45, 2.75) is 39.5 Å². The van der Waals surface area contributed by atoms with Crippen LogP contribution < -0.4 is 0 Å². The van der Waals surface area contributed by atoms with Gasteiger partial charge in [-0.2, -0.15) is 0 Å². The van der Waals surface area contributed by atoms with Crippen LogP contribution in [0.15, 0.2) is 16.3 Å². The monoisotopic (exact) mass is 149 g/mol. The summed E-state index contributed by atoms with van der Waals surface area (Å²) in [6.07, 6.45) is 5.09. The minimum Gasteiger partial charge on any atom is -0.262 e. The van der Waals surface area contributed by atoms with Gasteiger partial charge in [0.25, 0.3) is 0 Å². The van der Waals surface area contributed by atoms with Gasteiger partial charge in [0.05, 0.1) is 0 Å². The third kappa shape index (κ3) is 1.13. The second-order valence-electron chi connectivity index (χ2n) is 3.84. The molecule has 60 valence electrons. The molecular formula is C10H15N. The highest BCUT2D eigenvalue weighted by Gasteiger charge is 2.22. The van der Waals surface area contributed by atoms with Crippen LogP contribution in [0.1, 0.15) is 39.5 Å². The van der Waals surface area contributed by atoms with E-state index in [0.717, 1.165) is 0 Å². The van der Waals surface area contributed by atoms with E-state index in [1.54, 1.807) is 5.57 Å². The highest BCUT2D eigenvalue weighted by atomic mass is 14.8. The first-order chi connectivity index (χ1) is 5.27. The topological polar surface area (TPSA) is 12.4 Å². The molecule has 0 aromatic carbocycles. The Labute approximate surface area is 68.2 Å². The quantitative estimate of drug-likeness (QED) is 0.543. The molecule has 1 heterocycles. The predicted octanol–water partition coefficient (Wildman–Crippen LogP) is 2.93. The van der Waals surface area contributed by atoms with E-state index in [2.05, 4.69) is 18.8 Å². The van der Waals surface area contributed by atoms with Crippen LogP contribution in [-0.2, 0) is 0 Å². The van der Waals surface area contributed by atoms with Crippen molar-refractivity contribution in [1.29, 1.82) is 0 Å². The Bertz CT molecular complexity index is 233. The van der Waals surface area contributed by atoms with E-state index < -0.39 is 0 Å². The van der Waals surface area contributed by atoms with Crippen LogP contribution in [0.2, 0.25) is 0 Å². The fourth-order valence-corrected chi connectivity index (χ4v) is 1.88. The molecule has 2 rings (SSSR count). The van der Waals surface area contributed by atoms with E-state index in [1.807, 2.05) is 0 Å². The molecule has 0 radical (unpaired) electrons. The van der Waals surface area contributed by atoms with Crippen molar-refractivity contribution in [1.82, 2.24) is 0 Å².